The first-order valence-corrected chi connectivity index (χ1v) is 7.70. The third-order valence-corrected chi connectivity index (χ3v) is 4.28. The van der Waals surface area contributed by atoms with E-state index in [2.05, 4.69) is 10.2 Å². The van der Waals surface area contributed by atoms with Gasteiger partial charge in [0.2, 0.25) is 5.91 Å². The van der Waals surface area contributed by atoms with Gasteiger partial charge in [0.1, 0.15) is 0 Å². The lowest BCUT2D eigenvalue weighted by Gasteiger charge is -2.29. The standard InChI is InChI=1S/C11H23N3O2S/c1-2-17(16)8-5-13-11(15)9-14-6-3-10(12)4-7-14/h10H,2-9,12H2,1H3,(H,13,15). The van der Waals surface area contributed by atoms with Gasteiger partial charge >= 0.3 is 0 Å². The number of hydrogen-bond donors (Lipinski definition) is 2. The summed E-state index contributed by atoms with van der Waals surface area (Å²) < 4.78 is 11.2. The molecule has 0 spiro atoms. The second-order valence-electron chi connectivity index (χ2n) is 4.40. The zero-order valence-electron chi connectivity index (χ0n) is 10.5. The fourth-order valence-electron chi connectivity index (χ4n) is 1.82. The second kappa shape index (κ2) is 7.79. The summed E-state index contributed by atoms with van der Waals surface area (Å²) in [6.07, 6.45) is 1.93. The van der Waals surface area contributed by atoms with Crippen molar-refractivity contribution in [1.82, 2.24) is 10.2 Å². The molecule has 5 nitrogen and oxygen atoms in total. The number of nitrogens with one attached hydrogen (secondary N) is 1. The molecule has 1 atom stereocenters. The molecule has 17 heavy (non-hydrogen) atoms. The first-order valence-electron chi connectivity index (χ1n) is 6.21. The smallest absolute Gasteiger partial charge is 0.234 e. The van der Waals surface area contributed by atoms with Crippen molar-refractivity contribution in [2.75, 3.05) is 37.7 Å². The molecule has 3 N–H and O–H groups in total. The Morgan fingerprint density at radius 1 is 1.47 bits per heavy atom. The SMILES string of the molecule is CCS(=O)CCNC(=O)CN1CCC(N)CC1. The molecule has 0 aliphatic carbocycles. The summed E-state index contributed by atoms with van der Waals surface area (Å²) in [5.74, 6) is 1.22. The molecule has 1 aliphatic heterocycles. The number of carbonyl (C=O) groups excluding carboxylic acids is 1. The van der Waals surface area contributed by atoms with Crippen LogP contribution in [0.5, 0.6) is 0 Å². The Kier molecular flexibility index (Phi) is 6.69. The lowest BCUT2D eigenvalue weighted by atomic mass is 10.1. The molecule has 6 heteroatoms. The number of likely N-dealkylation sites (tertiary alicyclic amines) is 1. The lowest BCUT2D eigenvalue weighted by molar-refractivity contribution is -0.122. The summed E-state index contributed by atoms with van der Waals surface area (Å²) in [5.41, 5.74) is 5.80. The van der Waals surface area contributed by atoms with E-state index in [0.717, 1.165) is 25.9 Å². The molecule has 0 aromatic carbocycles. The van der Waals surface area contributed by atoms with E-state index < -0.39 is 10.8 Å². The number of nitrogens with two attached hydrogens (primary N) is 1. The largest absolute Gasteiger partial charge is 0.354 e. The zero-order chi connectivity index (χ0) is 12.7. The van der Waals surface area contributed by atoms with Crippen LogP contribution in [0.4, 0.5) is 0 Å². The van der Waals surface area contributed by atoms with E-state index >= 15 is 0 Å². The molecule has 0 aromatic heterocycles. The van der Waals surface area contributed by atoms with E-state index in [1.807, 2.05) is 6.92 Å². The van der Waals surface area contributed by atoms with Crippen LogP contribution in [0.1, 0.15) is 19.8 Å². The maximum Gasteiger partial charge on any atom is 0.234 e. The molecular weight excluding hydrogens is 238 g/mol. The number of rotatable bonds is 6. The average Bonchev–Trinajstić information content (AvgIpc) is 2.32. The molecule has 100 valence electrons. The third kappa shape index (κ3) is 6.14. The number of hydrogen-bond acceptors (Lipinski definition) is 4. The topological polar surface area (TPSA) is 75.4 Å². The van der Waals surface area contributed by atoms with E-state index in [4.69, 9.17) is 5.73 Å². The molecule has 1 rings (SSSR count). The number of nitrogens with zero attached hydrogens (tertiary/aromatic N) is 1. The molecule has 1 amide bonds. The zero-order valence-corrected chi connectivity index (χ0v) is 11.3. The fraction of sp³-hybridized carbons (Fsp3) is 0.909. The van der Waals surface area contributed by atoms with E-state index in [0.29, 0.717) is 30.6 Å². The van der Waals surface area contributed by atoms with Crippen LogP contribution in [0, 0.1) is 0 Å². The highest BCUT2D eigenvalue weighted by Crippen LogP contribution is 2.06. The molecule has 1 saturated heterocycles. The number of amides is 1. The monoisotopic (exact) mass is 261 g/mol. The molecule has 1 heterocycles. The summed E-state index contributed by atoms with van der Waals surface area (Å²) in [7, 11) is -0.800. The first-order chi connectivity index (χ1) is 8.11. The summed E-state index contributed by atoms with van der Waals surface area (Å²) in [5, 5.41) is 2.80. The minimum Gasteiger partial charge on any atom is -0.354 e. The molecule has 0 bridgehead atoms. The minimum absolute atomic E-state index is 0.0218. The highest BCUT2D eigenvalue weighted by Gasteiger charge is 2.17. The first kappa shape index (κ1) is 14.6. The predicted molar refractivity (Wildman–Crippen MR) is 70.2 cm³/mol. The van der Waals surface area contributed by atoms with Gasteiger partial charge in [-0.1, -0.05) is 6.92 Å². The fourth-order valence-corrected chi connectivity index (χ4v) is 2.44. The minimum atomic E-state index is -0.800. The van der Waals surface area contributed by atoms with Crippen molar-refractivity contribution in [1.29, 1.82) is 0 Å². The van der Waals surface area contributed by atoms with E-state index in [-0.39, 0.29) is 5.91 Å². The summed E-state index contributed by atoms with van der Waals surface area (Å²) in [6.45, 7) is 4.62. The Morgan fingerprint density at radius 2 is 2.12 bits per heavy atom. The van der Waals surface area contributed by atoms with Crippen LogP contribution in [-0.4, -0.2) is 58.7 Å². The maximum absolute atomic E-state index is 11.6. The van der Waals surface area contributed by atoms with Gasteiger partial charge in [0.15, 0.2) is 0 Å². The van der Waals surface area contributed by atoms with Crippen molar-refractivity contribution in [3.63, 3.8) is 0 Å². The quantitative estimate of drug-likeness (QED) is 0.662. The van der Waals surface area contributed by atoms with Gasteiger partial charge in [-0.25, -0.2) is 0 Å². The van der Waals surface area contributed by atoms with Crippen molar-refractivity contribution in [3.05, 3.63) is 0 Å². The molecule has 0 radical (unpaired) electrons. The van der Waals surface area contributed by atoms with Gasteiger partial charge in [-0.3, -0.25) is 13.9 Å². The third-order valence-electron chi connectivity index (χ3n) is 2.97. The van der Waals surface area contributed by atoms with Gasteiger partial charge in [-0.15, -0.1) is 0 Å². The Labute approximate surface area is 106 Å². The van der Waals surface area contributed by atoms with Crippen LogP contribution >= 0.6 is 0 Å². The van der Waals surface area contributed by atoms with Crippen molar-refractivity contribution in [2.45, 2.75) is 25.8 Å². The van der Waals surface area contributed by atoms with Gasteiger partial charge in [0.05, 0.1) is 6.54 Å². The van der Waals surface area contributed by atoms with Crippen molar-refractivity contribution < 1.29 is 9.00 Å². The Bertz CT molecular complexity index is 265. The van der Waals surface area contributed by atoms with Crippen molar-refractivity contribution in [2.24, 2.45) is 5.73 Å². The van der Waals surface area contributed by atoms with Crippen LogP contribution in [0.3, 0.4) is 0 Å². The molecule has 0 aromatic rings. The van der Waals surface area contributed by atoms with Gasteiger partial charge in [0, 0.05) is 48.0 Å². The van der Waals surface area contributed by atoms with E-state index in [1.165, 1.54) is 0 Å². The van der Waals surface area contributed by atoms with Gasteiger partial charge in [0.25, 0.3) is 0 Å². The van der Waals surface area contributed by atoms with Gasteiger partial charge < -0.3 is 11.1 Å². The second-order valence-corrected chi connectivity index (χ2v) is 6.26. The van der Waals surface area contributed by atoms with Gasteiger partial charge in [-0.2, -0.15) is 0 Å². The van der Waals surface area contributed by atoms with E-state index in [1.54, 1.807) is 0 Å². The molecular formula is C11H23N3O2S. The van der Waals surface area contributed by atoms with Crippen LogP contribution in [0.2, 0.25) is 0 Å². The van der Waals surface area contributed by atoms with Crippen LogP contribution in [0.25, 0.3) is 0 Å². The van der Waals surface area contributed by atoms with E-state index in [9.17, 15) is 9.00 Å². The van der Waals surface area contributed by atoms with Crippen LogP contribution in [-0.2, 0) is 15.6 Å². The lowest BCUT2D eigenvalue weighted by Crippen LogP contribution is -2.45. The molecule has 1 fully saturated rings. The Morgan fingerprint density at radius 3 is 2.71 bits per heavy atom. The van der Waals surface area contributed by atoms with Crippen molar-refractivity contribution in [3.8, 4) is 0 Å². The Hall–Kier alpha value is -0.460. The van der Waals surface area contributed by atoms with Crippen LogP contribution in [0.15, 0.2) is 0 Å². The molecule has 0 saturated carbocycles. The van der Waals surface area contributed by atoms with Gasteiger partial charge in [-0.05, 0) is 12.8 Å². The predicted octanol–water partition coefficient (Wildman–Crippen LogP) is -0.706. The summed E-state index contributed by atoms with van der Waals surface area (Å²) >= 11 is 0. The maximum atomic E-state index is 11.6. The highest BCUT2D eigenvalue weighted by molar-refractivity contribution is 7.84. The summed E-state index contributed by atoms with van der Waals surface area (Å²) in [4.78, 5) is 13.7. The summed E-state index contributed by atoms with van der Waals surface area (Å²) in [6, 6.07) is 0.293. The highest BCUT2D eigenvalue weighted by atomic mass is 32.2. The number of carbonyl (C=O) groups is 1. The molecule has 1 aliphatic rings. The Balaban J connectivity index is 2.10. The average molecular weight is 261 g/mol. The van der Waals surface area contributed by atoms with Crippen LogP contribution < -0.4 is 11.1 Å². The molecule has 1 unspecified atom stereocenters. The number of piperidine rings is 1. The normalized spacial score (nSPS) is 20.1. The van der Waals surface area contributed by atoms with Crippen molar-refractivity contribution >= 4 is 16.7 Å².